The third-order valence-electron chi connectivity index (χ3n) is 3.82. The van der Waals surface area contributed by atoms with Crippen molar-refractivity contribution >= 4 is 23.3 Å². The molecule has 0 aliphatic heterocycles. The molecule has 1 fully saturated rings. The van der Waals surface area contributed by atoms with Crippen LogP contribution >= 0.6 is 11.3 Å². The number of nitrogens with zero attached hydrogens (tertiary/aromatic N) is 1. The molecule has 0 bridgehead atoms. The first-order valence-electron chi connectivity index (χ1n) is 7.28. The Morgan fingerprint density at radius 1 is 1.43 bits per heavy atom. The Kier molecular flexibility index (Phi) is 5.55. The first-order valence-corrected chi connectivity index (χ1v) is 8.16. The van der Waals surface area contributed by atoms with Crippen molar-refractivity contribution < 1.29 is 14.7 Å². The van der Waals surface area contributed by atoms with Gasteiger partial charge in [-0.2, -0.15) is 0 Å². The van der Waals surface area contributed by atoms with Gasteiger partial charge >= 0.3 is 12.0 Å². The van der Waals surface area contributed by atoms with E-state index >= 15 is 0 Å². The van der Waals surface area contributed by atoms with E-state index in [-0.39, 0.29) is 17.8 Å². The fraction of sp³-hybridized carbons (Fsp3) is 0.643. The zero-order chi connectivity index (χ0) is 15.2. The predicted octanol–water partition coefficient (Wildman–Crippen LogP) is 2.26. The van der Waals surface area contributed by atoms with Crippen molar-refractivity contribution in [2.75, 3.05) is 6.54 Å². The van der Waals surface area contributed by atoms with Gasteiger partial charge < -0.3 is 15.7 Å². The second kappa shape index (κ2) is 7.40. The van der Waals surface area contributed by atoms with Crippen molar-refractivity contribution in [2.24, 2.45) is 5.92 Å². The molecule has 2 atom stereocenters. The lowest BCUT2D eigenvalue weighted by Gasteiger charge is -2.29. The van der Waals surface area contributed by atoms with Crippen molar-refractivity contribution in [3.05, 3.63) is 16.1 Å². The summed E-state index contributed by atoms with van der Waals surface area (Å²) in [5.74, 6) is -0.490. The highest BCUT2D eigenvalue weighted by Crippen LogP contribution is 2.23. The number of thiazole rings is 1. The lowest BCUT2D eigenvalue weighted by Crippen LogP contribution is -2.46. The number of amides is 2. The SMILES string of the molecule is CC1CCCCC1NC(=O)NCCc1nc(C(=O)O)cs1. The minimum absolute atomic E-state index is 0.0653. The molecule has 2 amide bonds. The van der Waals surface area contributed by atoms with E-state index in [1.807, 2.05) is 0 Å². The van der Waals surface area contributed by atoms with Crippen molar-refractivity contribution in [3.63, 3.8) is 0 Å². The van der Waals surface area contributed by atoms with Gasteiger partial charge in [0, 0.05) is 24.4 Å². The molecule has 1 aliphatic carbocycles. The highest BCUT2D eigenvalue weighted by Gasteiger charge is 2.22. The molecule has 116 valence electrons. The minimum Gasteiger partial charge on any atom is -0.476 e. The quantitative estimate of drug-likeness (QED) is 0.778. The van der Waals surface area contributed by atoms with E-state index in [1.54, 1.807) is 0 Å². The molecule has 0 saturated heterocycles. The molecule has 1 aromatic heterocycles. The summed E-state index contributed by atoms with van der Waals surface area (Å²) in [6, 6.07) is 0.112. The lowest BCUT2D eigenvalue weighted by atomic mass is 9.86. The Labute approximate surface area is 128 Å². The number of urea groups is 1. The maximum absolute atomic E-state index is 11.8. The molecule has 0 aromatic carbocycles. The zero-order valence-electron chi connectivity index (χ0n) is 12.1. The van der Waals surface area contributed by atoms with Crippen LogP contribution in [0.25, 0.3) is 0 Å². The standard InChI is InChI=1S/C14H21N3O3S/c1-9-4-2-3-5-10(9)17-14(20)15-7-6-12-16-11(8-21-12)13(18)19/h8-10H,2-7H2,1H3,(H,18,19)(H2,15,17,20). The molecule has 1 aliphatic rings. The number of carbonyl (C=O) groups is 2. The number of rotatable bonds is 5. The van der Waals surface area contributed by atoms with Gasteiger partial charge in [0.1, 0.15) is 0 Å². The van der Waals surface area contributed by atoms with Crippen LogP contribution in [0.5, 0.6) is 0 Å². The molecule has 0 spiro atoms. The van der Waals surface area contributed by atoms with Gasteiger partial charge in [0.05, 0.1) is 5.01 Å². The van der Waals surface area contributed by atoms with E-state index < -0.39 is 5.97 Å². The highest BCUT2D eigenvalue weighted by atomic mass is 32.1. The van der Waals surface area contributed by atoms with E-state index in [0.29, 0.717) is 18.9 Å². The smallest absolute Gasteiger partial charge is 0.355 e. The third kappa shape index (κ3) is 4.70. The number of aromatic nitrogens is 1. The van der Waals surface area contributed by atoms with Gasteiger partial charge in [-0.25, -0.2) is 14.6 Å². The number of carbonyl (C=O) groups excluding carboxylic acids is 1. The number of nitrogens with one attached hydrogen (secondary N) is 2. The van der Waals surface area contributed by atoms with E-state index in [1.165, 1.54) is 36.0 Å². The molecule has 1 saturated carbocycles. The normalized spacial score (nSPS) is 21.8. The number of carboxylic acids is 1. The summed E-state index contributed by atoms with van der Waals surface area (Å²) in [5.41, 5.74) is 0.0653. The van der Waals surface area contributed by atoms with Crippen LogP contribution in [0.1, 0.15) is 48.1 Å². The van der Waals surface area contributed by atoms with Crippen molar-refractivity contribution in [2.45, 2.75) is 45.1 Å². The predicted molar refractivity (Wildman–Crippen MR) is 80.7 cm³/mol. The zero-order valence-corrected chi connectivity index (χ0v) is 12.9. The van der Waals surface area contributed by atoms with Crippen LogP contribution < -0.4 is 10.6 Å². The van der Waals surface area contributed by atoms with Crippen LogP contribution in [0.3, 0.4) is 0 Å². The maximum Gasteiger partial charge on any atom is 0.355 e. The molecule has 0 radical (unpaired) electrons. The van der Waals surface area contributed by atoms with Gasteiger partial charge in [-0.1, -0.05) is 19.8 Å². The summed E-state index contributed by atoms with van der Waals surface area (Å²) in [6.45, 7) is 2.63. The van der Waals surface area contributed by atoms with Crippen LogP contribution in [0, 0.1) is 5.92 Å². The van der Waals surface area contributed by atoms with Gasteiger partial charge in [0.25, 0.3) is 0 Å². The largest absolute Gasteiger partial charge is 0.476 e. The molecular formula is C14H21N3O3S. The molecule has 2 rings (SSSR count). The Bertz CT molecular complexity index is 503. The van der Waals surface area contributed by atoms with E-state index in [0.717, 1.165) is 11.4 Å². The molecule has 2 unspecified atom stereocenters. The monoisotopic (exact) mass is 311 g/mol. The number of carboxylic acid groups (broad SMARTS) is 1. The van der Waals surface area contributed by atoms with Crippen LogP contribution in [0.2, 0.25) is 0 Å². The van der Waals surface area contributed by atoms with Gasteiger partial charge in [-0.15, -0.1) is 11.3 Å². The van der Waals surface area contributed by atoms with Crippen molar-refractivity contribution in [1.82, 2.24) is 15.6 Å². The summed E-state index contributed by atoms with van der Waals surface area (Å²) >= 11 is 1.30. The van der Waals surface area contributed by atoms with Crippen molar-refractivity contribution in [3.8, 4) is 0 Å². The molecule has 21 heavy (non-hydrogen) atoms. The minimum atomic E-state index is -1.02. The molecule has 3 N–H and O–H groups in total. The number of hydrogen-bond acceptors (Lipinski definition) is 4. The summed E-state index contributed by atoms with van der Waals surface area (Å²) in [5, 5.41) is 16.8. The maximum atomic E-state index is 11.8. The van der Waals surface area contributed by atoms with E-state index in [9.17, 15) is 9.59 Å². The Hall–Kier alpha value is -1.63. The van der Waals surface area contributed by atoms with Crippen molar-refractivity contribution in [1.29, 1.82) is 0 Å². The number of aromatic carboxylic acids is 1. The van der Waals surface area contributed by atoms with Gasteiger partial charge in [-0.05, 0) is 18.8 Å². The molecule has 1 heterocycles. The number of hydrogen-bond donors (Lipinski definition) is 3. The molecule has 1 aromatic rings. The molecular weight excluding hydrogens is 290 g/mol. The fourth-order valence-corrected chi connectivity index (χ4v) is 3.33. The Balaban J connectivity index is 1.70. The van der Waals surface area contributed by atoms with E-state index in [4.69, 9.17) is 5.11 Å². The lowest BCUT2D eigenvalue weighted by molar-refractivity contribution is 0.0691. The van der Waals surface area contributed by atoms with Crippen LogP contribution in [-0.4, -0.2) is 34.7 Å². The average Bonchev–Trinajstić information content (AvgIpc) is 2.90. The van der Waals surface area contributed by atoms with E-state index in [2.05, 4.69) is 22.5 Å². The second-order valence-corrected chi connectivity index (χ2v) is 6.39. The molecule has 7 heteroatoms. The van der Waals surface area contributed by atoms with Crippen LogP contribution in [-0.2, 0) is 6.42 Å². The van der Waals surface area contributed by atoms with Gasteiger partial charge in [-0.3, -0.25) is 0 Å². The summed E-state index contributed by atoms with van der Waals surface area (Å²) in [7, 11) is 0. The first kappa shape index (κ1) is 15.8. The summed E-state index contributed by atoms with van der Waals surface area (Å²) in [4.78, 5) is 26.5. The Morgan fingerprint density at radius 2 is 2.19 bits per heavy atom. The first-order chi connectivity index (χ1) is 10.1. The van der Waals surface area contributed by atoms with Crippen LogP contribution in [0.4, 0.5) is 4.79 Å². The summed E-state index contributed by atoms with van der Waals surface area (Å²) < 4.78 is 0. The summed E-state index contributed by atoms with van der Waals surface area (Å²) in [6.07, 6.45) is 5.18. The highest BCUT2D eigenvalue weighted by molar-refractivity contribution is 7.09. The van der Waals surface area contributed by atoms with Crippen LogP contribution in [0.15, 0.2) is 5.38 Å². The van der Waals surface area contributed by atoms with Gasteiger partial charge in [0.15, 0.2) is 5.69 Å². The Morgan fingerprint density at radius 3 is 2.86 bits per heavy atom. The topological polar surface area (TPSA) is 91.3 Å². The second-order valence-electron chi connectivity index (χ2n) is 5.45. The van der Waals surface area contributed by atoms with Gasteiger partial charge in [0.2, 0.25) is 0 Å². The average molecular weight is 311 g/mol. The molecule has 6 nitrogen and oxygen atoms in total. The fourth-order valence-electron chi connectivity index (χ4n) is 2.56. The third-order valence-corrected chi connectivity index (χ3v) is 4.73.